The molecule has 188 valence electrons. The molecule has 9 heteroatoms. The van der Waals surface area contributed by atoms with Crippen LogP contribution in [-0.4, -0.2) is 69.0 Å². The van der Waals surface area contributed by atoms with Crippen LogP contribution in [0, 0.1) is 12.3 Å². The van der Waals surface area contributed by atoms with Gasteiger partial charge < -0.3 is 15.1 Å². The number of nitrogens with one attached hydrogen (secondary N) is 2. The van der Waals surface area contributed by atoms with Gasteiger partial charge in [0.2, 0.25) is 11.8 Å². The molecule has 2 saturated heterocycles. The van der Waals surface area contributed by atoms with Crippen LogP contribution in [0.5, 0.6) is 0 Å². The van der Waals surface area contributed by atoms with Gasteiger partial charge in [0.25, 0.3) is 5.91 Å². The summed E-state index contributed by atoms with van der Waals surface area (Å²) in [6, 6.07) is 5.50. The third-order valence-corrected chi connectivity index (χ3v) is 7.44. The number of carbonyl (C=O) groups excluding carboxylic acids is 3. The molecule has 4 heterocycles. The average molecular weight is 489 g/mol. The van der Waals surface area contributed by atoms with Crippen LogP contribution < -0.4 is 10.6 Å². The van der Waals surface area contributed by atoms with Crippen molar-refractivity contribution in [2.45, 2.75) is 63.7 Å². The van der Waals surface area contributed by atoms with Crippen LogP contribution in [0.1, 0.15) is 60.0 Å². The zero-order valence-electron chi connectivity index (χ0n) is 20.4. The lowest BCUT2D eigenvalue weighted by atomic mass is 10.0. The second-order valence-corrected chi connectivity index (χ2v) is 9.84. The highest BCUT2D eigenvalue weighted by Gasteiger charge is 2.40. The van der Waals surface area contributed by atoms with Crippen molar-refractivity contribution in [2.75, 3.05) is 25.0 Å². The number of hydrogen-bond acceptors (Lipinski definition) is 6. The highest BCUT2D eigenvalue weighted by atomic mass is 16.2. The summed E-state index contributed by atoms with van der Waals surface area (Å²) in [4.78, 5) is 41.0. The monoisotopic (exact) mass is 488 g/mol. The summed E-state index contributed by atoms with van der Waals surface area (Å²) >= 11 is 0. The number of carbonyl (C=O) groups is 3. The van der Waals surface area contributed by atoms with E-state index in [1.54, 1.807) is 11.1 Å². The molecule has 5 rings (SSSR count). The predicted molar refractivity (Wildman–Crippen MR) is 135 cm³/mol. The van der Waals surface area contributed by atoms with Crippen molar-refractivity contribution in [1.82, 2.24) is 24.9 Å². The van der Waals surface area contributed by atoms with Crippen LogP contribution in [0.15, 0.2) is 30.6 Å². The first-order valence-electron chi connectivity index (χ1n) is 12.8. The highest BCUT2D eigenvalue weighted by Crippen LogP contribution is 2.33. The Balaban J connectivity index is 1.10. The molecule has 2 aromatic rings. The third kappa shape index (κ3) is 5.14. The number of terminal acetylenes is 1. The minimum atomic E-state index is -0.591. The van der Waals surface area contributed by atoms with E-state index < -0.39 is 6.04 Å². The number of aromatic nitrogens is 2. The molecular weight excluding hydrogens is 456 g/mol. The Hall–Kier alpha value is -3.64. The minimum absolute atomic E-state index is 0.136. The largest absolute Gasteiger partial charge is 0.382 e. The Morgan fingerprint density at radius 1 is 1.11 bits per heavy atom. The van der Waals surface area contributed by atoms with E-state index in [1.165, 1.54) is 0 Å². The smallest absolute Gasteiger partial charge is 0.255 e. The number of anilines is 1. The fraction of sp³-hybridized carbons (Fsp3) is 0.481. The van der Waals surface area contributed by atoms with Gasteiger partial charge in [-0.15, -0.1) is 6.42 Å². The number of piperidine rings is 2. The number of likely N-dealkylation sites (tertiary alicyclic amines) is 1. The molecule has 3 amide bonds. The molecule has 9 nitrogen and oxygen atoms in total. The maximum Gasteiger partial charge on any atom is 0.255 e. The maximum absolute atomic E-state index is 13.1. The second kappa shape index (κ2) is 10.5. The molecule has 1 atom stereocenters. The van der Waals surface area contributed by atoms with Crippen molar-refractivity contribution < 1.29 is 14.4 Å². The summed E-state index contributed by atoms with van der Waals surface area (Å²) < 4.78 is 1.91. The van der Waals surface area contributed by atoms with Gasteiger partial charge in [-0.3, -0.25) is 24.4 Å². The average Bonchev–Trinajstić information content (AvgIpc) is 3.48. The zero-order valence-corrected chi connectivity index (χ0v) is 20.4. The molecule has 2 fully saturated rings. The molecule has 0 aliphatic carbocycles. The topological polar surface area (TPSA) is 99.6 Å². The molecule has 3 aliphatic heterocycles. The molecule has 2 N–H and O–H groups in total. The standard InChI is InChI=1S/C27H32N6O3/c1-2-19-16-28-32(17-19)13-4-3-12-31-14-10-20(11-15-31)29-23-7-5-6-21-22(23)18-33(27(21)36)24-8-9-25(34)30-26(24)35/h1,5-7,16-17,20,24,29H,3-4,8-15,18H2,(H,30,34,35). The van der Waals surface area contributed by atoms with Gasteiger partial charge in [0.05, 0.1) is 11.8 Å². The van der Waals surface area contributed by atoms with E-state index in [-0.39, 0.29) is 24.1 Å². The van der Waals surface area contributed by atoms with Crippen LogP contribution in [0.4, 0.5) is 5.69 Å². The van der Waals surface area contributed by atoms with Gasteiger partial charge in [-0.25, -0.2) is 0 Å². The van der Waals surface area contributed by atoms with Gasteiger partial charge in [-0.05, 0) is 50.8 Å². The first kappa shape index (κ1) is 24.1. The van der Waals surface area contributed by atoms with E-state index in [9.17, 15) is 14.4 Å². The number of hydrogen-bond donors (Lipinski definition) is 2. The predicted octanol–water partition coefficient (Wildman–Crippen LogP) is 1.98. The lowest BCUT2D eigenvalue weighted by molar-refractivity contribution is -0.136. The van der Waals surface area contributed by atoms with Gasteiger partial charge in [-0.2, -0.15) is 5.10 Å². The Labute approximate surface area is 211 Å². The van der Waals surface area contributed by atoms with Crippen molar-refractivity contribution in [3.8, 4) is 12.3 Å². The number of nitrogens with zero attached hydrogens (tertiary/aromatic N) is 4. The van der Waals surface area contributed by atoms with E-state index >= 15 is 0 Å². The van der Waals surface area contributed by atoms with Gasteiger partial charge in [0.1, 0.15) is 6.04 Å². The summed E-state index contributed by atoms with van der Waals surface area (Å²) in [6.45, 7) is 4.43. The fourth-order valence-corrected chi connectivity index (χ4v) is 5.41. The Kier molecular flexibility index (Phi) is 7.05. The van der Waals surface area contributed by atoms with Crippen molar-refractivity contribution in [3.63, 3.8) is 0 Å². The molecule has 36 heavy (non-hydrogen) atoms. The number of benzene rings is 1. The van der Waals surface area contributed by atoms with E-state index in [1.807, 2.05) is 29.1 Å². The van der Waals surface area contributed by atoms with Gasteiger partial charge in [0, 0.05) is 61.7 Å². The minimum Gasteiger partial charge on any atom is -0.382 e. The van der Waals surface area contributed by atoms with E-state index in [0.29, 0.717) is 24.6 Å². The first-order chi connectivity index (χ1) is 17.5. The second-order valence-electron chi connectivity index (χ2n) is 9.84. The van der Waals surface area contributed by atoms with Crippen LogP contribution in [-0.2, 0) is 22.7 Å². The Morgan fingerprint density at radius 2 is 1.92 bits per heavy atom. The number of amides is 3. The van der Waals surface area contributed by atoms with Crippen molar-refractivity contribution in [3.05, 3.63) is 47.3 Å². The van der Waals surface area contributed by atoms with Crippen LogP contribution in [0.25, 0.3) is 0 Å². The molecule has 0 bridgehead atoms. The summed E-state index contributed by atoms with van der Waals surface area (Å²) in [6.07, 6.45) is 13.9. The first-order valence-corrected chi connectivity index (χ1v) is 12.8. The molecule has 3 aliphatic rings. The zero-order chi connectivity index (χ0) is 25.1. The summed E-state index contributed by atoms with van der Waals surface area (Å²) in [5.41, 5.74) is 3.39. The van der Waals surface area contributed by atoms with Gasteiger partial charge >= 0.3 is 0 Å². The number of aryl methyl sites for hydroxylation is 1. The number of fused-ring (bicyclic) bond motifs is 1. The number of rotatable bonds is 8. The quantitative estimate of drug-likeness (QED) is 0.335. The molecular formula is C27H32N6O3. The normalized spacial score (nSPS) is 20.8. The maximum atomic E-state index is 13.1. The Morgan fingerprint density at radius 3 is 2.67 bits per heavy atom. The summed E-state index contributed by atoms with van der Waals surface area (Å²) in [7, 11) is 0. The van der Waals surface area contributed by atoms with Crippen molar-refractivity contribution in [1.29, 1.82) is 0 Å². The fourth-order valence-electron chi connectivity index (χ4n) is 5.41. The van der Waals surface area contributed by atoms with Gasteiger partial charge in [0.15, 0.2) is 0 Å². The van der Waals surface area contributed by atoms with Crippen molar-refractivity contribution >= 4 is 23.4 Å². The summed E-state index contributed by atoms with van der Waals surface area (Å²) in [5, 5.41) is 10.3. The molecule has 1 aromatic carbocycles. The van der Waals surface area contributed by atoms with Crippen molar-refractivity contribution in [2.24, 2.45) is 0 Å². The van der Waals surface area contributed by atoms with E-state index in [4.69, 9.17) is 6.42 Å². The van der Waals surface area contributed by atoms with Crippen LogP contribution in [0.2, 0.25) is 0 Å². The van der Waals surface area contributed by atoms with Gasteiger partial charge in [-0.1, -0.05) is 12.0 Å². The van der Waals surface area contributed by atoms with Crippen LogP contribution >= 0.6 is 0 Å². The Bertz CT molecular complexity index is 1190. The highest BCUT2D eigenvalue weighted by molar-refractivity contribution is 6.06. The van der Waals surface area contributed by atoms with Crippen LogP contribution in [0.3, 0.4) is 0 Å². The molecule has 1 aromatic heterocycles. The third-order valence-electron chi connectivity index (χ3n) is 7.44. The summed E-state index contributed by atoms with van der Waals surface area (Å²) in [5.74, 6) is 1.82. The van der Waals surface area contributed by atoms with E-state index in [0.717, 1.165) is 68.7 Å². The molecule has 0 radical (unpaired) electrons. The molecule has 0 saturated carbocycles. The lowest BCUT2D eigenvalue weighted by Gasteiger charge is -2.33. The molecule has 0 spiro atoms. The van der Waals surface area contributed by atoms with E-state index in [2.05, 4.69) is 26.6 Å². The number of unbranched alkanes of at least 4 members (excludes halogenated alkanes) is 1. The number of imide groups is 1. The lowest BCUT2D eigenvalue weighted by Crippen LogP contribution is -2.52. The molecule has 1 unspecified atom stereocenters. The SMILES string of the molecule is C#Cc1cnn(CCCCN2CCC(Nc3cccc4c3CN(C3CCC(=O)NC3=O)C4=O)CC2)c1.